The molecule has 2 rings (SSSR count). The SMILES string of the molecule is N#Cc1cc(NCc2ccc(Cl)c(Cl)c2)ccc1F. The average molecular weight is 295 g/mol. The second kappa shape index (κ2) is 5.92. The van der Waals surface area contributed by atoms with Crippen molar-refractivity contribution >= 4 is 28.9 Å². The molecule has 0 saturated heterocycles. The summed E-state index contributed by atoms with van der Waals surface area (Å²) in [4.78, 5) is 0. The zero-order valence-electron chi connectivity index (χ0n) is 9.75. The van der Waals surface area contributed by atoms with Gasteiger partial charge in [-0.1, -0.05) is 29.3 Å². The van der Waals surface area contributed by atoms with Crippen molar-refractivity contribution in [1.29, 1.82) is 5.26 Å². The zero-order chi connectivity index (χ0) is 13.8. The molecule has 0 aliphatic heterocycles. The predicted molar refractivity (Wildman–Crippen MR) is 74.9 cm³/mol. The summed E-state index contributed by atoms with van der Waals surface area (Å²) in [6.45, 7) is 0.507. The van der Waals surface area contributed by atoms with Crippen LogP contribution in [0.4, 0.5) is 10.1 Å². The Labute approximate surface area is 120 Å². The number of hydrogen-bond acceptors (Lipinski definition) is 2. The first-order valence-corrected chi connectivity index (χ1v) is 6.23. The smallest absolute Gasteiger partial charge is 0.141 e. The minimum Gasteiger partial charge on any atom is -0.381 e. The molecule has 0 heterocycles. The minimum atomic E-state index is -0.525. The van der Waals surface area contributed by atoms with Crippen LogP contribution in [0.2, 0.25) is 10.0 Å². The standard InChI is InChI=1S/C14H9Cl2FN2/c15-12-3-1-9(5-13(12)16)8-19-11-2-4-14(17)10(6-11)7-18/h1-6,19H,8H2. The first-order chi connectivity index (χ1) is 9.10. The summed E-state index contributed by atoms with van der Waals surface area (Å²) in [5.74, 6) is -0.525. The predicted octanol–water partition coefficient (Wildman–Crippen LogP) is 4.62. The van der Waals surface area contributed by atoms with Gasteiger partial charge in [-0.25, -0.2) is 4.39 Å². The monoisotopic (exact) mass is 294 g/mol. The lowest BCUT2D eigenvalue weighted by molar-refractivity contribution is 0.624. The van der Waals surface area contributed by atoms with Gasteiger partial charge in [0.05, 0.1) is 15.6 Å². The first kappa shape index (κ1) is 13.7. The number of nitrogens with one attached hydrogen (secondary N) is 1. The number of nitrogens with zero attached hydrogens (tertiary/aromatic N) is 1. The minimum absolute atomic E-state index is 0.0131. The summed E-state index contributed by atoms with van der Waals surface area (Å²) in [5.41, 5.74) is 1.63. The van der Waals surface area contributed by atoms with E-state index in [-0.39, 0.29) is 5.56 Å². The molecule has 0 radical (unpaired) electrons. The van der Waals surface area contributed by atoms with E-state index < -0.39 is 5.82 Å². The third-order valence-electron chi connectivity index (χ3n) is 2.57. The van der Waals surface area contributed by atoms with E-state index in [0.717, 1.165) is 5.56 Å². The summed E-state index contributed by atoms with van der Waals surface area (Å²) in [7, 11) is 0. The van der Waals surface area contributed by atoms with Crippen LogP contribution in [0, 0.1) is 17.1 Å². The van der Waals surface area contributed by atoms with E-state index in [4.69, 9.17) is 28.5 Å². The van der Waals surface area contributed by atoms with Gasteiger partial charge in [-0.3, -0.25) is 0 Å². The van der Waals surface area contributed by atoms with E-state index in [9.17, 15) is 4.39 Å². The maximum atomic E-state index is 13.1. The Balaban J connectivity index is 2.10. The highest BCUT2D eigenvalue weighted by Crippen LogP contribution is 2.23. The van der Waals surface area contributed by atoms with Crippen molar-refractivity contribution < 1.29 is 4.39 Å². The lowest BCUT2D eigenvalue weighted by Gasteiger charge is -2.08. The molecular formula is C14H9Cl2FN2. The molecule has 0 aromatic heterocycles. The number of nitriles is 1. The van der Waals surface area contributed by atoms with Crippen LogP contribution in [0.5, 0.6) is 0 Å². The Morgan fingerprint density at radius 2 is 1.89 bits per heavy atom. The topological polar surface area (TPSA) is 35.8 Å². The van der Waals surface area contributed by atoms with E-state index in [1.54, 1.807) is 24.3 Å². The van der Waals surface area contributed by atoms with E-state index in [1.807, 2.05) is 6.07 Å². The number of hydrogen-bond donors (Lipinski definition) is 1. The molecule has 0 unspecified atom stereocenters. The number of benzene rings is 2. The molecule has 0 saturated carbocycles. The molecule has 0 amide bonds. The summed E-state index contributed by atoms with van der Waals surface area (Å²) in [5, 5.41) is 12.8. The fourth-order valence-corrected chi connectivity index (χ4v) is 1.90. The van der Waals surface area contributed by atoms with Crippen molar-refractivity contribution in [3.05, 3.63) is 63.4 Å². The van der Waals surface area contributed by atoms with Crippen molar-refractivity contribution in [2.75, 3.05) is 5.32 Å². The molecule has 96 valence electrons. The highest BCUT2D eigenvalue weighted by molar-refractivity contribution is 6.42. The Bertz CT molecular complexity index is 650. The van der Waals surface area contributed by atoms with Crippen LogP contribution in [0.25, 0.3) is 0 Å². The molecular weight excluding hydrogens is 286 g/mol. The van der Waals surface area contributed by atoms with Crippen LogP contribution in [0.15, 0.2) is 36.4 Å². The van der Waals surface area contributed by atoms with Gasteiger partial charge in [0.15, 0.2) is 0 Å². The van der Waals surface area contributed by atoms with Crippen molar-refractivity contribution in [2.24, 2.45) is 0 Å². The second-order valence-corrected chi connectivity index (χ2v) is 4.72. The Kier molecular flexibility index (Phi) is 4.26. The van der Waals surface area contributed by atoms with Gasteiger partial charge >= 0.3 is 0 Å². The molecule has 0 aliphatic rings. The Morgan fingerprint density at radius 1 is 1.11 bits per heavy atom. The lowest BCUT2D eigenvalue weighted by Crippen LogP contribution is -2.00. The van der Waals surface area contributed by atoms with Crippen LogP contribution in [0.3, 0.4) is 0 Å². The molecule has 0 atom stereocenters. The van der Waals surface area contributed by atoms with Crippen LogP contribution in [0.1, 0.15) is 11.1 Å². The quantitative estimate of drug-likeness (QED) is 0.897. The largest absolute Gasteiger partial charge is 0.381 e. The molecule has 5 heteroatoms. The fourth-order valence-electron chi connectivity index (χ4n) is 1.57. The molecule has 0 spiro atoms. The summed E-state index contributed by atoms with van der Waals surface area (Å²) in [6, 6.07) is 11.4. The molecule has 2 aromatic rings. The number of rotatable bonds is 3. The van der Waals surface area contributed by atoms with E-state index in [0.29, 0.717) is 22.3 Å². The molecule has 19 heavy (non-hydrogen) atoms. The van der Waals surface area contributed by atoms with Crippen molar-refractivity contribution in [3.63, 3.8) is 0 Å². The fraction of sp³-hybridized carbons (Fsp3) is 0.0714. The highest BCUT2D eigenvalue weighted by Gasteiger charge is 2.03. The van der Waals surface area contributed by atoms with Crippen LogP contribution < -0.4 is 5.32 Å². The van der Waals surface area contributed by atoms with Crippen LogP contribution in [-0.4, -0.2) is 0 Å². The molecule has 0 bridgehead atoms. The summed E-state index contributed by atoms with van der Waals surface area (Å²) in [6.07, 6.45) is 0. The van der Waals surface area contributed by atoms with Crippen LogP contribution in [-0.2, 0) is 6.54 Å². The van der Waals surface area contributed by atoms with E-state index in [2.05, 4.69) is 5.32 Å². The van der Waals surface area contributed by atoms with Gasteiger partial charge < -0.3 is 5.32 Å². The second-order valence-electron chi connectivity index (χ2n) is 3.91. The number of halogens is 3. The van der Waals surface area contributed by atoms with Gasteiger partial charge in [0.25, 0.3) is 0 Å². The van der Waals surface area contributed by atoms with E-state index >= 15 is 0 Å². The van der Waals surface area contributed by atoms with Crippen molar-refractivity contribution in [2.45, 2.75) is 6.54 Å². The molecule has 2 nitrogen and oxygen atoms in total. The summed E-state index contributed by atoms with van der Waals surface area (Å²) < 4.78 is 13.1. The number of anilines is 1. The highest BCUT2D eigenvalue weighted by atomic mass is 35.5. The Morgan fingerprint density at radius 3 is 2.58 bits per heavy atom. The Hall–Kier alpha value is -1.76. The molecule has 2 aromatic carbocycles. The third-order valence-corrected chi connectivity index (χ3v) is 3.31. The molecule has 0 aliphatic carbocycles. The molecule has 1 N–H and O–H groups in total. The van der Waals surface area contributed by atoms with Gasteiger partial charge in [-0.2, -0.15) is 5.26 Å². The van der Waals surface area contributed by atoms with Gasteiger partial charge in [-0.15, -0.1) is 0 Å². The van der Waals surface area contributed by atoms with Gasteiger partial charge in [0.1, 0.15) is 11.9 Å². The van der Waals surface area contributed by atoms with E-state index in [1.165, 1.54) is 12.1 Å². The van der Waals surface area contributed by atoms with Crippen LogP contribution >= 0.6 is 23.2 Å². The maximum absolute atomic E-state index is 13.1. The lowest BCUT2D eigenvalue weighted by atomic mass is 10.2. The zero-order valence-corrected chi connectivity index (χ0v) is 11.3. The summed E-state index contributed by atoms with van der Waals surface area (Å²) >= 11 is 11.7. The van der Waals surface area contributed by atoms with Crippen molar-refractivity contribution in [3.8, 4) is 6.07 Å². The van der Waals surface area contributed by atoms with Gasteiger partial charge in [0, 0.05) is 12.2 Å². The normalized spacial score (nSPS) is 10.0. The average Bonchev–Trinajstić information content (AvgIpc) is 2.41. The maximum Gasteiger partial charge on any atom is 0.141 e. The first-order valence-electron chi connectivity index (χ1n) is 5.47. The van der Waals surface area contributed by atoms with Crippen molar-refractivity contribution in [1.82, 2.24) is 0 Å². The molecule has 0 fully saturated rings. The third kappa shape index (κ3) is 3.37. The van der Waals surface area contributed by atoms with Gasteiger partial charge in [-0.05, 0) is 35.9 Å². The van der Waals surface area contributed by atoms with Gasteiger partial charge in [0.2, 0.25) is 0 Å².